The van der Waals surface area contributed by atoms with Crippen LogP contribution in [0.5, 0.6) is 0 Å². The van der Waals surface area contributed by atoms with Gasteiger partial charge in [0.15, 0.2) is 6.10 Å². The zero-order valence-electron chi connectivity index (χ0n) is 18.3. The Labute approximate surface area is 181 Å². The third-order valence-electron chi connectivity index (χ3n) is 5.51. The second-order valence-electron chi connectivity index (χ2n) is 9.34. The summed E-state index contributed by atoms with van der Waals surface area (Å²) in [6.07, 6.45) is 6.59. The van der Waals surface area contributed by atoms with Crippen molar-refractivity contribution in [3.8, 4) is 10.4 Å². The van der Waals surface area contributed by atoms with Crippen LogP contribution in [0.1, 0.15) is 69.1 Å². The topological polar surface area (TPSA) is 59.4 Å². The second kappa shape index (κ2) is 8.60. The molecule has 0 bridgehead atoms. The summed E-state index contributed by atoms with van der Waals surface area (Å²) in [4.78, 5) is 18.3. The van der Waals surface area contributed by atoms with Crippen LogP contribution in [-0.2, 0) is 9.53 Å². The number of halogens is 1. The van der Waals surface area contributed by atoms with Gasteiger partial charge in [-0.3, -0.25) is 9.37 Å². The molecule has 0 saturated carbocycles. The lowest BCUT2D eigenvalue weighted by molar-refractivity contribution is -0.160. The molecule has 6 heteroatoms. The first-order valence-electron chi connectivity index (χ1n) is 10.2. The molecule has 30 heavy (non-hydrogen) atoms. The summed E-state index contributed by atoms with van der Waals surface area (Å²) >= 11 is 1.58. The van der Waals surface area contributed by atoms with Crippen LogP contribution in [0.3, 0.4) is 0 Å². The Morgan fingerprint density at radius 2 is 2.03 bits per heavy atom. The Morgan fingerprint density at radius 3 is 2.53 bits per heavy atom. The number of rotatable bonds is 6. The molecule has 3 rings (SSSR count). The van der Waals surface area contributed by atoms with E-state index in [1.165, 1.54) is 0 Å². The van der Waals surface area contributed by atoms with Gasteiger partial charge in [0.05, 0.1) is 12.3 Å². The minimum absolute atomic E-state index is 0.348. The molecular weight excluding hydrogens is 401 g/mol. The average Bonchev–Trinajstić information content (AvgIpc) is 3.03. The minimum Gasteiger partial charge on any atom is -0.479 e. The third kappa shape index (κ3) is 4.81. The van der Waals surface area contributed by atoms with E-state index in [9.17, 15) is 14.3 Å². The number of alkyl halides is 1. The first-order chi connectivity index (χ1) is 14.0. The standard InChI is InChI=1S/C24H30FNO3S/c1-15-18(20(22(27)28)29-23(2,3)4)19(16-6-10-24(5,14-25)11-7-16)21(30-15)17-8-12-26-13-9-17/h6,8-9,12-13,20H,7,10-11,14H2,1-5H3,(H,27,28). The SMILES string of the molecule is Cc1sc(-c2ccncc2)c(C2=CCC(C)(CF)CC2)c1C(OC(C)(C)C)C(=O)O. The summed E-state index contributed by atoms with van der Waals surface area (Å²) in [6, 6.07) is 3.88. The maximum absolute atomic E-state index is 13.5. The van der Waals surface area contributed by atoms with Crippen LogP contribution in [-0.4, -0.2) is 28.3 Å². The Bertz CT molecular complexity index is 945. The molecule has 0 saturated heterocycles. The molecule has 1 N–H and O–H groups in total. The highest BCUT2D eigenvalue weighted by Crippen LogP contribution is 2.48. The van der Waals surface area contributed by atoms with Crippen LogP contribution < -0.4 is 0 Å². The Morgan fingerprint density at radius 1 is 1.37 bits per heavy atom. The van der Waals surface area contributed by atoms with Gasteiger partial charge in [-0.25, -0.2) is 4.79 Å². The first kappa shape index (κ1) is 22.6. The molecule has 4 nitrogen and oxygen atoms in total. The summed E-state index contributed by atoms with van der Waals surface area (Å²) in [5.41, 5.74) is 2.76. The number of pyridine rings is 1. The Kier molecular flexibility index (Phi) is 6.48. The molecule has 0 amide bonds. The van der Waals surface area contributed by atoms with Crippen molar-refractivity contribution in [3.05, 3.63) is 46.6 Å². The maximum atomic E-state index is 13.5. The lowest BCUT2D eigenvalue weighted by Crippen LogP contribution is -2.28. The summed E-state index contributed by atoms with van der Waals surface area (Å²) in [7, 11) is 0. The minimum atomic E-state index is -1.07. The smallest absolute Gasteiger partial charge is 0.337 e. The van der Waals surface area contributed by atoms with Gasteiger partial charge in [0.1, 0.15) is 0 Å². The van der Waals surface area contributed by atoms with Gasteiger partial charge in [-0.1, -0.05) is 13.0 Å². The van der Waals surface area contributed by atoms with Crippen molar-refractivity contribution in [2.24, 2.45) is 5.41 Å². The molecule has 2 unspecified atom stereocenters. The number of carboxylic acids is 1. The second-order valence-corrected chi connectivity index (χ2v) is 10.6. The van der Waals surface area contributed by atoms with E-state index in [4.69, 9.17) is 4.74 Å². The molecule has 1 aliphatic carbocycles. The largest absolute Gasteiger partial charge is 0.479 e. The van der Waals surface area contributed by atoms with Crippen molar-refractivity contribution in [1.29, 1.82) is 0 Å². The Hall–Kier alpha value is -2.05. The number of thiophene rings is 1. The van der Waals surface area contributed by atoms with Crippen LogP contribution in [0.2, 0.25) is 0 Å². The number of allylic oxidation sites excluding steroid dienone is 2. The Balaban J connectivity index is 2.20. The number of carboxylic acid groups (broad SMARTS) is 1. The predicted molar refractivity (Wildman–Crippen MR) is 119 cm³/mol. The third-order valence-corrected chi connectivity index (χ3v) is 6.68. The zero-order valence-corrected chi connectivity index (χ0v) is 19.1. The highest BCUT2D eigenvalue weighted by Gasteiger charge is 2.36. The van der Waals surface area contributed by atoms with E-state index >= 15 is 0 Å². The number of ether oxygens (including phenoxy) is 1. The molecule has 0 spiro atoms. The van der Waals surface area contributed by atoms with Gasteiger partial charge in [-0.2, -0.15) is 0 Å². The number of aryl methyl sites for hydroxylation is 1. The van der Waals surface area contributed by atoms with Gasteiger partial charge < -0.3 is 9.84 Å². The van der Waals surface area contributed by atoms with E-state index in [2.05, 4.69) is 11.1 Å². The van der Waals surface area contributed by atoms with Crippen LogP contribution >= 0.6 is 11.3 Å². The molecule has 0 radical (unpaired) electrons. The predicted octanol–water partition coefficient (Wildman–Crippen LogP) is 6.60. The van der Waals surface area contributed by atoms with E-state index < -0.39 is 17.7 Å². The lowest BCUT2D eigenvalue weighted by Gasteiger charge is -2.31. The monoisotopic (exact) mass is 431 g/mol. The molecule has 2 aromatic heterocycles. The van der Waals surface area contributed by atoms with Crippen molar-refractivity contribution >= 4 is 22.9 Å². The van der Waals surface area contributed by atoms with E-state index in [1.807, 2.05) is 46.8 Å². The fraction of sp³-hybridized carbons (Fsp3) is 0.500. The van der Waals surface area contributed by atoms with Crippen molar-refractivity contribution in [2.45, 2.75) is 65.6 Å². The molecule has 2 aromatic rings. The highest BCUT2D eigenvalue weighted by molar-refractivity contribution is 7.16. The van der Waals surface area contributed by atoms with E-state index in [0.717, 1.165) is 32.9 Å². The molecule has 0 fully saturated rings. The zero-order chi connectivity index (χ0) is 22.1. The van der Waals surface area contributed by atoms with Crippen molar-refractivity contribution < 1.29 is 19.0 Å². The van der Waals surface area contributed by atoms with Gasteiger partial charge in [-0.05, 0) is 75.6 Å². The number of hydrogen-bond donors (Lipinski definition) is 1. The summed E-state index contributed by atoms with van der Waals surface area (Å²) in [5.74, 6) is -1.00. The lowest BCUT2D eigenvalue weighted by atomic mass is 9.75. The van der Waals surface area contributed by atoms with Gasteiger partial charge in [0, 0.05) is 33.3 Å². The van der Waals surface area contributed by atoms with Gasteiger partial charge in [-0.15, -0.1) is 11.3 Å². The van der Waals surface area contributed by atoms with Gasteiger partial charge >= 0.3 is 5.97 Å². The molecule has 0 aromatic carbocycles. The van der Waals surface area contributed by atoms with E-state index in [0.29, 0.717) is 18.4 Å². The summed E-state index contributed by atoms with van der Waals surface area (Å²) < 4.78 is 19.5. The molecule has 0 aliphatic heterocycles. The number of carbonyl (C=O) groups is 1. The van der Waals surface area contributed by atoms with Crippen LogP contribution in [0, 0.1) is 12.3 Å². The molecule has 162 valence electrons. The highest BCUT2D eigenvalue weighted by atomic mass is 32.1. The maximum Gasteiger partial charge on any atom is 0.337 e. The van der Waals surface area contributed by atoms with Gasteiger partial charge in [0.25, 0.3) is 0 Å². The first-order valence-corrected chi connectivity index (χ1v) is 11.1. The van der Waals surface area contributed by atoms with E-state index in [-0.39, 0.29) is 12.1 Å². The number of hydrogen-bond acceptors (Lipinski definition) is 4. The van der Waals surface area contributed by atoms with Crippen LogP contribution in [0.4, 0.5) is 4.39 Å². The summed E-state index contributed by atoms with van der Waals surface area (Å²) in [5, 5.41) is 10.0. The number of aromatic nitrogens is 1. The van der Waals surface area contributed by atoms with Gasteiger partial charge in [0.2, 0.25) is 0 Å². The normalized spacial score (nSPS) is 20.7. The summed E-state index contributed by atoms with van der Waals surface area (Å²) in [6.45, 7) is 9.15. The molecule has 1 aliphatic rings. The van der Waals surface area contributed by atoms with Crippen LogP contribution in [0.15, 0.2) is 30.6 Å². The number of aliphatic carboxylic acids is 1. The average molecular weight is 432 g/mol. The molecular formula is C24H30FNO3S. The molecule has 2 heterocycles. The molecule has 2 atom stereocenters. The quantitative estimate of drug-likeness (QED) is 0.559. The van der Waals surface area contributed by atoms with Crippen molar-refractivity contribution in [2.75, 3.05) is 6.67 Å². The van der Waals surface area contributed by atoms with E-state index in [1.54, 1.807) is 23.7 Å². The fourth-order valence-corrected chi connectivity index (χ4v) is 5.07. The van der Waals surface area contributed by atoms with Crippen molar-refractivity contribution in [1.82, 2.24) is 4.98 Å². The van der Waals surface area contributed by atoms with Crippen molar-refractivity contribution in [3.63, 3.8) is 0 Å². The number of nitrogens with zero attached hydrogens (tertiary/aromatic N) is 1. The fourth-order valence-electron chi connectivity index (χ4n) is 3.84. The van der Waals surface area contributed by atoms with Crippen LogP contribution in [0.25, 0.3) is 16.0 Å².